The lowest BCUT2D eigenvalue weighted by Crippen LogP contribution is -1.99. The van der Waals surface area contributed by atoms with E-state index in [2.05, 4.69) is 11.6 Å². The van der Waals surface area contributed by atoms with Crippen molar-refractivity contribution in [1.29, 1.82) is 0 Å². The lowest BCUT2D eigenvalue weighted by atomic mass is 10.5. The van der Waals surface area contributed by atoms with Crippen molar-refractivity contribution < 1.29 is 9.90 Å². The van der Waals surface area contributed by atoms with Crippen molar-refractivity contribution in [2.45, 2.75) is 18.1 Å². The van der Waals surface area contributed by atoms with Gasteiger partial charge >= 0.3 is 5.97 Å². The maximum absolute atomic E-state index is 10.3. The first-order chi connectivity index (χ1) is 6.74. The van der Waals surface area contributed by atoms with Crippen LogP contribution in [0, 0.1) is 0 Å². The van der Waals surface area contributed by atoms with Crippen LogP contribution >= 0.6 is 11.8 Å². The van der Waals surface area contributed by atoms with E-state index < -0.39 is 5.97 Å². The van der Waals surface area contributed by atoms with Crippen LogP contribution in [-0.2, 0) is 11.3 Å². The summed E-state index contributed by atoms with van der Waals surface area (Å²) in [5.74, 6) is -0.233. The average Bonchev–Trinajstić information content (AvgIpc) is 2.53. The van der Waals surface area contributed by atoms with E-state index in [4.69, 9.17) is 5.11 Å². The van der Waals surface area contributed by atoms with Crippen LogP contribution in [0.3, 0.4) is 0 Å². The molecule has 0 aliphatic heterocycles. The Balaban J connectivity index is 2.45. The van der Waals surface area contributed by atoms with Crippen LogP contribution in [0.15, 0.2) is 30.2 Å². The standard InChI is InChI=1S/C9H12N2O2S/c1-2-5-11-6-4-10-9(11)14-7-3-8(12)13/h2,4,6H,1,3,5,7H2,(H,12,13). The Labute approximate surface area is 86.6 Å². The molecule has 14 heavy (non-hydrogen) atoms. The number of imidazole rings is 1. The Bertz CT molecular complexity index is 322. The molecule has 0 aliphatic carbocycles. The normalized spacial score (nSPS) is 10.0. The molecule has 76 valence electrons. The molecule has 0 spiro atoms. The van der Waals surface area contributed by atoms with E-state index in [1.54, 1.807) is 12.3 Å². The summed E-state index contributed by atoms with van der Waals surface area (Å²) < 4.78 is 1.93. The molecule has 0 saturated carbocycles. The van der Waals surface area contributed by atoms with Gasteiger partial charge in [-0.1, -0.05) is 17.8 Å². The highest BCUT2D eigenvalue weighted by molar-refractivity contribution is 7.99. The molecular formula is C9H12N2O2S. The van der Waals surface area contributed by atoms with Gasteiger partial charge in [0.25, 0.3) is 0 Å². The number of aromatic nitrogens is 2. The molecule has 0 amide bonds. The van der Waals surface area contributed by atoms with Gasteiger partial charge in [-0.2, -0.15) is 0 Å². The van der Waals surface area contributed by atoms with Crippen molar-refractivity contribution in [1.82, 2.24) is 9.55 Å². The number of hydrogen-bond acceptors (Lipinski definition) is 3. The SMILES string of the molecule is C=CCn1ccnc1SCCC(=O)O. The van der Waals surface area contributed by atoms with Crippen LogP contribution in [0.1, 0.15) is 6.42 Å². The molecular weight excluding hydrogens is 200 g/mol. The molecule has 1 heterocycles. The number of carboxylic acid groups (broad SMARTS) is 1. The van der Waals surface area contributed by atoms with Crippen LogP contribution in [0.5, 0.6) is 0 Å². The smallest absolute Gasteiger partial charge is 0.304 e. The Morgan fingerprint density at radius 2 is 2.57 bits per heavy atom. The van der Waals surface area contributed by atoms with E-state index in [1.807, 2.05) is 10.8 Å². The molecule has 0 radical (unpaired) electrons. The van der Waals surface area contributed by atoms with E-state index in [0.29, 0.717) is 12.3 Å². The van der Waals surface area contributed by atoms with Gasteiger partial charge in [-0.15, -0.1) is 6.58 Å². The molecule has 0 fully saturated rings. The number of allylic oxidation sites excluding steroid dienone is 1. The van der Waals surface area contributed by atoms with Crippen LogP contribution in [0.4, 0.5) is 0 Å². The van der Waals surface area contributed by atoms with Crippen LogP contribution in [0.25, 0.3) is 0 Å². The molecule has 0 aromatic carbocycles. The largest absolute Gasteiger partial charge is 0.481 e. The molecule has 0 saturated heterocycles. The first kappa shape index (κ1) is 10.8. The summed E-state index contributed by atoms with van der Waals surface area (Å²) in [5.41, 5.74) is 0. The van der Waals surface area contributed by atoms with Gasteiger partial charge in [-0.3, -0.25) is 4.79 Å². The number of nitrogens with zero attached hydrogens (tertiary/aromatic N) is 2. The Kier molecular flexibility index (Phi) is 4.25. The number of carbonyl (C=O) groups is 1. The lowest BCUT2D eigenvalue weighted by Gasteiger charge is -2.02. The lowest BCUT2D eigenvalue weighted by molar-refractivity contribution is -0.136. The van der Waals surface area contributed by atoms with Gasteiger partial charge < -0.3 is 9.67 Å². The van der Waals surface area contributed by atoms with Crippen molar-refractivity contribution in [3.05, 3.63) is 25.0 Å². The van der Waals surface area contributed by atoms with Gasteiger partial charge in [-0.05, 0) is 0 Å². The van der Waals surface area contributed by atoms with Crippen molar-refractivity contribution in [3.8, 4) is 0 Å². The third-order valence-corrected chi connectivity index (χ3v) is 2.56. The summed E-state index contributed by atoms with van der Waals surface area (Å²) in [4.78, 5) is 14.4. The van der Waals surface area contributed by atoms with Gasteiger partial charge in [0.15, 0.2) is 5.16 Å². The molecule has 0 bridgehead atoms. The fourth-order valence-electron chi connectivity index (χ4n) is 0.943. The summed E-state index contributed by atoms with van der Waals surface area (Å²) in [5, 5.41) is 9.30. The average molecular weight is 212 g/mol. The van der Waals surface area contributed by atoms with Gasteiger partial charge in [-0.25, -0.2) is 4.98 Å². The first-order valence-electron chi connectivity index (χ1n) is 4.20. The van der Waals surface area contributed by atoms with Crippen molar-refractivity contribution in [2.24, 2.45) is 0 Å². The van der Waals surface area contributed by atoms with Gasteiger partial charge in [0, 0.05) is 24.7 Å². The van der Waals surface area contributed by atoms with Gasteiger partial charge in [0.05, 0.1) is 6.42 Å². The maximum atomic E-state index is 10.3. The molecule has 5 heteroatoms. The molecule has 1 aromatic heterocycles. The molecule has 1 aromatic rings. The summed E-state index contributed by atoms with van der Waals surface area (Å²) in [7, 11) is 0. The minimum atomic E-state index is -0.778. The van der Waals surface area contributed by atoms with Crippen molar-refractivity contribution in [2.75, 3.05) is 5.75 Å². The number of hydrogen-bond donors (Lipinski definition) is 1. The van der Waals surface area contributed by atoms with Crippen LogP contribution in [0.2, 0.25) is 0 Å². The highest BCUT2D eigenvalue weighted by Gasteiger charge is 2.03. The zero-order valence-corrected chi connectivity index (χ0v) is 8.54. The number of thioether (sulfide) groups is 1. The highest BCUT2D eigenvalue weighted by Crippen LogP contribution is 2.16. The summed E-state index contributed by atoms with van der Waals surface area (Å²) >= 11 is 1.45. The summed E-state index contributed by atoms with van der Waals surface area (Å²) in [6.45, 7) is 4.34. The predicted octanol–water partition coefficient (Wildman–Crippen LogP) is 1.64. The number of aliphatic carboxylic acids is 1. The number of rotatable bonds is 6. The monoisotopic (exact) mass is 212 g/mol. The third kappa shape index (κ3) is 3.26. The van der Waals surface area contributed by atoms with Crippen molar-refractivity contribution in [3.63, 3.8) is 0 Å². The minimum Gasteiger partial charge on any atom is -0.481 e. The molecule has 1 N–H and O–H groups in total. The first-order valence-corrected chi connectivity index (χ1v) is 5.19. The van der Waals surface area contributed by atoms with Gasteiger partial charge in [0.1, 0.15) is 0 Å². The predicted molar refractivity (Wildman–Crippen MR) is 55.4 cm³/mol. The van der Waals surface area contributed by atoms with Crippen LogP contribution in [-0.4, -0.2) is 26.4 Å². The topological polar surface area (TPSA) is 55.1 Å². The highest BCUT2D eigenvalue weighted by atomic mass is 32.2. The number of carboxylic acids is 1. The van der Waals surface area contributed by atoms with E-state index in [1.165, 1.54) is 11.8 Å². The zero-order valence-electron chi connectivity index (χ0n) is 7.72. The second kappa shape index (κ2) is 5.49. The maximum Gasteiger partial charge on any atom is 0.304 e. The van der Waals surface area contributed by atoms with E-state index in [-0.39, 0.29) is 6.42 Å². The van der Waals surface area contributed by atoms with E-state index in [9.17, 15) is 4.79 Å². The Hall–Kier alpha value is -1.23. The van der Waals surface area contributed by atoms with Crippen LogP contribution < -0.4 is 0 Å². The zero-order chi connectivity index (χ0) is 10.4. The van der Waals surface area contributed by atoms with Gasteiger partial charge in [0.2, 0.25) is 0 Å². The van der Waals surface area contributed by atoms with Crippen molar-refractivity contribution >= 4 is 17.7 Å². The van der Waals surface area contributed by atoms with E-state index >= 15 is 0 Å². The Morgan fingerprint density at radius 1 is 1.79 bits per heavy atom. The molecule has 0 unspecified atom stereocenters. The molecule has 0 atom stereocenters. The summed E-state index contributed by atoms with van der Waals surface area (Å²) in [6, 6.07) is 0. The summed E-state index contributed by atoms with van der Waals surface area (Å²) in [6.07, 6.45) is 5.49. The third-order valence-electron chi connectivity index (χ3n) is 1.55. The fourth-order valence-corrected chi connectivity index (χ4v) is 1.84. The fraction of sp³-hybridized carbons (Fsp3) is 0.333. The Morgan fingerprint density at radius 3 is 3.21 bits per heavy atom. The molecule has 0 aliphatic rings. The molecule has 4 nitrogen and oxygen atoms in total. The second-order valence-corrected chi connectivity index (χ2v) is 3.71. The molecule has 1 rings (SSSR count). The quantitative estimate of drug-likeness (QED) is 0.575. The minimum absolute atomic E-state index is 0.158. The van der Waals surface area contributed by atoms with E-state index in [0.717, 1.165) is 5.16 Å². The second-order valence-electron chi connectivity index (χ2n) is 2.64.